The van der Waals surface area contributed by atoms with E-state index in [0.29, 0.717) is 15.7 Å². The van der Waals surface area contributed by atoms with Gasteiger partial charge in [0.25, 0.3) is 0 Å². The molecule has 0 aromatic heterocycles. The van der Waals surface area contributed by atoms with E-state index < -0.39 is 0 Å². The Morgan fingerprint density at radius 2 is 1.53 bits per heavy atom. The average molecular weight is 236 g/mol. The minimum absolute atomic E-state index is 0.518. The number of rotatable bonds is 0. The Morgan fingerprint density at radius 3 is 2.07 bits per heavy atom. The van der Waals surface area contributed by atoms with Crippen molar-refractivity contribution in [3.8, 4) is 0 Å². The summed E-state index contributed by atoms with van der Waals surface area (Å²) in [6.07, 6.45) is 0. The molecule has 0 aliphatic carbocycles. The molecule has 0 N–H and O–H groups in total. The zero-order chi connectivity index (χ0) is 11.0. The second kappa shape index (κ2) is 3.73. The Balaban J connectivity index is 2.84. The summed E-state index contributed by atoms with van der Waals surface area (Å²) < 4.78 is 0. The number of nitrogens with zero attached hydrogens (tertiary/aromatic N) is 1. The lowest BCUT2D eigenvalue weighted by Gasteiger charge is -2.04. The summed E-state index contributed by atoms with van der Waals surface area (Å²) in [6, 6.07) is 7.39. The van der Waals surface area contributed by atoms with E-state index in [0.717, 1.165) is 16.3 Å². The molecule has 0 saturated carbocycles. The van der Waals surface area contributed by atoms with Gasteiger partial charge in [0, 0.05) is 0 Å². The molecule has 1 nitrogen and oxygen atoms in total. The molecule has 15 heavy (non-hydrogen) atoms. The molecule has 0 fully saturated rings. The van der Waals surface area contributed by atoms with Crippen molar-refractivity contribution in [1.29, 1.82) is 0 Å². The van der Waals surface area contributed by atoms with Crippen LogP contribution in [0.5, 0.6) is 0 Å². The maximum Gasteiger partial charge on any atom is 0.190 e. The predicted molar refractivity (Wildman–Crippen MR) is 65.0 cm³/mol. The summed E-state index contributed by atoms with van der Waals surface area (Å²) in [5, 5.41) is 3.01. The van der Waals surface area contributed by atoms with Crippen molar-refractivity contribution < 1.29 is 0 Å². The van der Waals surface area contributed by atoms with E-state index in [1.807, 2.05) is 25.1 Å². The maximum absolute atomic E-state index is 7.02. The van der Waals surface area contributed by atoms with Crippen molar-refractivity contribution in [2.24, 2.45) is 0 Å². The minimum Gasteiger partial charge on any atom is -0.238 e. The van der Waals surface area contributed by atoms with E-state index in [1.54, 1.807) is 6.07 Å². The smallest absolute Gasteiger partial charge is 0.190 e. The summed E-state index contributed by atoms with van der Waals surface area (Å²) in [4.78, 5) is 3.45. The van der Waals surface area contributed by atoms with Gasteiger partial charge in [0.2, 0.25) is 0 Å². The van der Waals surface area contributed by atoms with Crippen LogP contribution in [0.3, 0.4) is 0 Å². The lowest BCUT2D eigenvalue weighted by atomic mass is 10.1. The third kappa shape index (κ3) is 1.79. The van der Waals surface area contributed by atoms with Crippen LogP contribution >= 0.6 is 23.2 Å². The number of aryl methyl sites for hydroxylation is 1. The van der Waals surface area contributed by atoms with Crippen LogP contribution in [-0.2, 0) is 0 Å². The highest BCUT2D eigenvalue weighted by Crippen LogP contribution is 2.31. The molecule has 2 aromatic rings. The van der Waals surface area contributed by atoms with Gasteiger partial charge in [0.05, 0.1) is 16.6 Å². The van der Waals surface area contributed by atoms with E-state index in [-0.39, 0.29) is 0 Å². The first kappa shape index (κ1) is 10.3. The normalized spacial score (nSPS) is 10.3. The highest BCUT2D eigenvalue weighted by Gasteiger charge is 2.04. The van der Waals surface area contributed by atoms with Gasteiger partial charge in [0.15, 0.2) is 5.69 Å². The first-order valence-electron chi connectivity index (χ1n) is 4.38. The molecule has 0 radical (unpaired) electrons. The maximum atomic E-state index is 7.02. The molecule has 0 amide bonds. The number of halogens is 2. The van der Waals surface area contributed by atoms with Crippen molar-refractivity contribution >= 4 is 39.7 Å². The number of fused-ring (bicyclic) bond motifs is 1. The number of benzene rings is 2. The molecule has 2 rings (SSSR count). The van der Waals surface area contributed by atoms with Crippen molar-refractivity contribution in [1.82, 2.24) is 0 Å². The SMILES string of the molecule is [C-]#[N+]c1cc2cc(Cl)c(Cl)cc2cc1C. The summed E-state index contributed by atoms with van der Waals surface area (Å²) in [7, 11) is 0. The molecule has 0 atom stereocenters. The summed E-state index contributed by atoms with van der Waals surface area (Å²) >= 11 is 11.8. The third-order valence-corrected chi connectivity index (χ3v) is 3.04. The fourth-order valence-electron chi connectivity index (χ4n) is 1.52. The highest BCUT2D eigenvalue weighted by molar-refractivity contribution is 6.42. The quantitative estimate of drug-likeness (QED) is 0.566. The summed E-state index contributed by atoms with van der Waals surface area (Å²) in [6.45, 7) is 8.93. The zero-order valence-corrected chi connectivity index (χ0v) is 9.52. The minimum atomic E-state index is 0.518. The van der Waals surface area contributed by atoms with Gasteiger partial charge in [0.1, 0.15) is 0 Å². The molecule has 3 heteroatoms. The number of hydrogen-bond acceptors (Lipinski definition) is 0. The third-order valence-electron chi connectivity index (χ3n) is 2.31. The fraction of sp³-hybridized carbons (Fsp3) is 0.0833. The standard InChI is InChI=1S/C12H7Cl2N/c1-7-3-8-4-10(13)11(14)5-9(8)6-12(7)15-2/h3-6H,1H3. The first-order chi connectivity index (χ1) is 7.11. The molecule has 0 saturated heterocycles. The second-order valence-corrected chi connectivity index (χ2v) is 4.18. The fourth-order valence-corrected chi connectivity index (χ4v) is 1.86. The van der Waals surface area contributed by atoms with Gasteiger partial charge in [-0.2, -0.15) is 0 Å². The molecule has 2 aromatic carbocycles. The summed E-state index contributed by atoms with van der Waals surface area (Å²) in [5.41, 5.74) is 1.61. The molecule has 0 aliphatic rings. The van der Waals surface area contributed by atoms with Crippen LogP contribution < -0.4 is 0 Å². The van der Waals surface area contributed by atoms with Crippen molar-refractivity contribution in [3.05, 3.63) is 51.3 Å². The first-order valence-corrected chi connectivity index (χ1v) is 5.14. The zero-order valence-electron chi connectivity index (χ0n) is 8.01. The van der Waals surface area contributed by atoms with E-state index in [9.17, 15) is 0 Å². The van der Waals surface area contributed by atoms with E-state index in [1.165, 1.54) is 0 Å². The average Bonchev–Trinajstić information content (AvgIpc) is 2.20. The molecule has 0 bridgehead atoms. The number of hydrogen-bond donors (Lipinski definition) is 0. The van der Waals surface area contributed by atoms with Crippen molar-refractivity contribution in [2.45, 2.75) is 6.92 Å². The van der Waals surface area contributed by atoms with E-state index in [4.69, 9.17) is 29.8 Å². The molecular weight excluding hydrogens is 229 g/mol. The van der Waals surface area contributed by atoms with E-state index in [2.05, 4.69) is 4.85 Å². The predicted octanol–water partition coefficient (Wildman–Crippen LogP) is 5.01. The van der Waals surface area contributed by atoms with Gasteiger partial charge in [-0.1, -0.05) is 29.3 Å². The van der Waals surface area contributed by atoms with Gasteiger partial charge < -0.3 is 0 Å². The second-order valence-electron chi connectivity index (χ2n) is 3.36. The van der Waals surface area contributed by atoms with Crippen LogP contribution in [-0.4, -0.2) is 0 Å². The van der Waals surface area contributed by atoms with Gasteiger partial charge in [-0.3, -0.25) is 0 Å². The Morgan fingerprint density at radius 1 is 1.00 bits per heavy atom. The van der Waals surface area contributed by atoms with Gasteiger partial charge >= 0.3 is 0 Å². The topological polar surface area (TPSA) is 4.36 Å². The van der Waals surface area contributed by atoms with Crippen LogP contribution in [0.15, 0.2) is 24.3 Å². The molecular formula is C12H7Cl2N. The monoisotopic (exact) mass is 235 g/mol. The Labute approximate surface area is 98.1 Å². The largest absolute Gasteiger partial charge is 0.238 e. The Hall–Kier alpha value is -1.23. The molecule has 74 valence electrons. The molecule has 0 aliphatic heterocycles. The Kier molecular flexibility index (Phi) is 2.56. The molecule has 0 heterocycles. The lowest BCUT2D eigenvalue weighted by Crippen LogP contribution is -1.78. The molecule has 0 unspecified atom stereocenters. The van der Waals surface area contributed by atoms with Crippen molar-refractivity contribution in [2.75, 3.05) is 0 Å². The molecule has 0 spiro atoms. The van der Waals surface area contributed by atoms with Crippen molar-refractivity contribution in [3.63, 3.8) is 0 Å². The van der Waals surface area contributed by atoms with Gasteiger partial charge in [-0.25, -0.2) is 4.85 Å². The Bertz CT molecular complexity index is 582. The van der Waals surface area contributed by atoms with Crippen LogP contribution in [0, 0.1) is 13.5 Å². The van der Waals surface area contributed by atoms with Crippen LogP contribution in [0.2, 0.25) is 10.0 Å². The lowest BCUT2D eigenvalue weighted by molar-refractivity contribution is 1.52. The van der Waals surface area contributed by atoms with E-state index >= 15 is 0 Å². The van der Waals surface area contributed by atoms with Crippen LogP contribution in [0.4, 0.5) is 5.69 Å². The van der Waals surface area contributed by atoms with Gasteiger partial charge in [-0.05, 0) is 41.5 Å². The van der Waals surface area contributed by atoms with Crippen LogP contribution in [0.25, 0.3) is 15.6 Å². The highest BCUT2D eigenvalue weighted by atomic mass is 35.5. The van der Waals surface area contributed by atoms with Gasteiger partial charge in [-0.15, -0.1) is 0 Å². The van der Waals surface area contributed by atoms with Crippen LogP contribution in [0.1, 0.15) is 5.56 Å². The summed E-state index contributed by atoms with van der Waals surface area (Å²) in [5.74, 6) is 0.